The van der Waals surface area contributed by atoms with Crippen molar-refractivity contribution in [1.82, 2.24) is 4.90 Å². The fourth-order valence-corrected chi connectivity index (χ4v) is 6.26. The van der Waals surface area contributed by atoms with E-state index in [1.54, 1.807) is 0 Å². The summed E-state index contributed by atoms with van der Waals surface area (Å²) >= 11 is 0. The van der Waals surface area contributed by atoms with Crippen molar-refractivity contribution >= 4 is 5.97 Å². The lowest BCUT2D eigenvalue weighted by molar-refractivity contribution is -0.157. The van der Waals surface area contributed by atoms with E-state index in [-0.39, 0.29) is 11.3 Å². The first-order valence-electron chi connectivity index (χ1n) is 11.2. The SMILES string of the molecule is C[C@]1(C(=O)O)CCC[C@]2(C)c3cc(OCCN4CCCCC4)ccc3CC[C@@H]12. The molecule has 4 heteroatoms. The van der Waals surface area contributed by atoms with Crippen molar-refractivity contribution in [2.24, 2.45) is 11.3 Å². The van der Waals surface area contributed by atoms with E-state index in [2.05, 4.69) is 30.0 Å². The highest BCUT2D eigenvalue weighted by atomic mass is 16.5. The van der Waals surface area contributed by atoms with Crippen molar-refractivity contribution in [3.05, 3.63) is 29.3 Å². The van der Waals surface area contributed by atoms with E-state index in [0.717, 1.165) is 51.0 Å². The number of ether oxygens (including phenoxy) is 1. The lowest BCUT2D eigenvalue weighted by atomic mass is 9.50. The Morgan fingerprint density at radius 1 is 1.18 bits per heavy atom. The van der Waals surface area contributed by atoms with Crippen molar-refractivity contribution < 1.29 is 14.6 Å². The van der Waals surface area contributed by atoms with E-state index in [4.69, 9.17) is 4.74 Å². The number of carboxylic acids is 1. The molecule has 2 aliphatic carbocycles. The van der Waals surface area contributed by atoms with Crippen LogP contribution >= 0.6 is 0 Å². The fourth-order valence-electron chi connectivity index (χ4n) is 6.26. The Morgan fingerprint density at radius 3 is 2.71 bits per heavy atom. The predicted octanol–water partition coefficient (Wildman–Crippen LogP) is 4.65. The van der Waals surface area contributed by atoms with Gasteiger partial charge in [-0.3, -0.25) is 9.69 Å². The second-order valence-corrected chi connectivity index (χ2v) is 9.65. The summed E-state index contributed by atoms with van der Waals surface area (Å²) in [6.07, 6.45) is 8.77. The zero-order valence-electron chi connectivity index (χ0n) is 17.5. The largest absolute Gasteiger partial charge is 0.492 e. The average molecular weight is 386 g/mol. The molecule has 28 heavy (non-hydrogen) atoms. The Labute approximate surface area is 169 Å². The zero-order valence-corrected chi connectivity index (χ0v) is 17.5. The van der Waals surface area contributed by atoms with Crippen LogP contribution in [0.15, 0.2) is 18.2 Å². The highest BCUT2D eigenvalue weighted by Crippen LogP contribution is 2.57. The van der Waals surface area contributed by atoms with Crippen LogP contribution in [0.4, 0.5) is 0 Å². The van der Waals surface area contributed by atoms with Crippen molar-refractivity contribution in [3.8, 4) is 5.75 Å². The molecule has 0 aromatic heterocycles. The number of fused-ring (bicyclic) bond motifs is 3. The third-order valence-electron chi connectivity index (χ3n) is 7.94. The molecule has 3 aliphatic rings. The van der Waals surface area contributed by atoms with Crippen LogP contribution in [0, 0.1) is 11.3 Å². The third-order valence-corrected chi connectivity index (χ3v) is 7.94. The molecule has 2 fully saturated rings. The molecule has 0 radical (unpaired) electrons. The van der Waals surface area contributed by atoms with Gasteiger partial charge >= 0.3 is 5.97 Å². The number of rotatable bonds is 5. The molecule has 1 N–H and O–H groups in total. The summed E-state index contributed by atoms with van der Waals surface area (Å²) in [7, 11) is 0. The maximum atomic E-state index is 12.1. The molecule has 4 nitrogen and oxygen atoms in total. The van der Waals surface area contributed by atoms with Crippen LogP contribution in [-0.4, -0.2) is 42.2 Å². The monoisotopic (exact) mass is 385 g/mol. The van der Waals surface area contributed by atoms with E-state index in [1.165, 1.54) is 43.5 Å². The van der Waals surface area contributed by atoms with E-state index >= 15 is 0 Å². The van der Waals surface area contributed by atoms with Crippen LogP contribution in [0.5, 0.6) is 5.75 Å². The molecule has 0 amide bonds. The molecule has 0 unspecified atom stereocenters. The summed E-state index contributed by atoms with van der Waals surface area (Å²) in [6.45, 7) is 8.39. The second-order valence-electron chi connectivity index (χ2n) is 9.65. The molecule has 0 spiro atoms. The summed E-state index contributed by atoms with van der Waals surface area (Å²) in [6, 6.07) is 6.56. The van der Waals surface area contributed by atoms with E-state index < -0.39 is 11.4 Å². The molecule has 1 saturated heterocycles. The number of benzene rings is 1. The number of aliphatic carboxylic acids is 1. The molecular weight excluding hydrogens is 350 g/mol. The number of aryl methyl sites for hydroxylation is 1. The topological polar surface area (TPSA) is 49.8 Å². The van der Waals surface area contributed by atoms with E-state index in [1.807, 2.05) is 6.92 Å². The standard InChI is InChI=1S/C24H35NO3/c1-23-11-6-12-24(2,22(26)27)21(23)10-8-18-7-9-19(17-20(18)23)28-16-15-25-13-4-3-5-14-25/h7,9,17,21H,3-6,8,10-16H2,1-2H3,(H,26,27)/t21-,23-,24+/m1/s1. The van der Waals surface area contributed by atoms with E-state index in [0.29, 0.717) is 0 Å². The summed E-state index contributed by atoms with van der Waals surface area (Å²) in [5, 5.41) is 9.96. The number of hydrogen-bond donors (Lipinski definition) is 1. The molecule has 0 bridgehead atoms. The van der Waals surface area contributed by atoms with Gasteiger partial charge in [-0.2, -0.15) is 0 Å². The highest BCUT2D eigenvalue weighted by molar-refractivity contribution is 5.75. The first kappa shape index (κ1) is 19.8. The molecule has 3 atom stereocenters. The Kier molecular flexibility index (Phi) is 5.43. The molecule has 154 valence electrons. The fraction of sp³-hybridized carbons (Fsp3) is 0.708. The normalized spacial score (nSPS) is 33.0. The second kappa shape index (κ2) is 7.70. The van der Waals surface area contributed by atoms with Crippen LogP contribution in [0.25, 0.3) is 0 Å². The Morgan fingerprint density at radius 2 is 1.96 bits per heavy atom. The van der Waals surface area contributed by atoms with Gasteiger partial charge in [0.1, 0.15) is 12.4 Å². The lowest BCUT2D eigenvalue weighted by Gasteiger charge is -2.53. The van der Waals surface area contributed by atoms with Gasteiger partial charge in [-0.05, 0) is 93.1 Å². The van der Waals surface area contributed by atoms with Gasteiger partial charge in [0.15, 0.2) is 0 Å². The number of likely N-dealkylation sites (tertiary alicyclic amines) is 1. The number of carboxylic acid groups (broad SMARTS) is 1. The van der Waals surface area contributed by atoms with Crippen molar-refractivity contribution in [3.63, 3.8) is 0 Å². The Hall–Kier alpha value is -1.55. The number of nitrogens with zero attached hydrogens (tertiary/aromatic N) is 1. The molecule has 1 heterocycles. The van der Waals surface area contributed by atoms with Gasteiger partial charge in [0.25, 0.3) is 0 Å². The van der Waals surface area contributed by atoms with Gasteiger partial charge in [0.05, 0.1) is 5.41 Å². The summed E-state index contributed by atoms with van der Waals surface area (Å²) in [5.41, 5.74) is 2.05. The number of hydrogen-bond acceptors (Lipinski definition) is 3. The quantitative estimate of drug-likeness (QED) is 0.802. The summed E-state index contributed by atoms with van der Waals surface area (Å²) in [4.78, 5) is 14.6. The molecular formula is C24H35NO3. The smallest absolute Gasteiger partial charge is 0.309 e. The highest BCUT2D eigenvalue weighted by Gasteiger charge is 2.55. The maximum absolute atomic E-state index is 12.1. The van der Waals surface area contributed by atoms with Gasteiger partial charge in [-0.1, -0.05) is 25.8 Å². The molecule has 1 aromatic carbocycles. The lowest BCUT2D eigenvalue weighted by Crippen LogP contribution is -2.52. The zero-order chi connectivity index (χ0) is 19.8. The van der Waals surface area contributed by atoms with Crippen molar-refractivity contribution in [2.45, 2.75) is 70.6 Å². The maximum Gasteiger partial charge on any atom is 0.309 e. The van der Waals surface area contributed by atoms with Crippen LogP contribution in [-0.2, 0) is 16.6 Å². The first-order valence-corrected chi connectivity index (χ1v) is 11.2. The summed E-state index contributed by atoms with van der Waals surface area (Å²) in [5.74, 6) is 0.517. The van der Waals surface area contributed by atoms with Gasteiger partial charge in [0.2, 0.25) is 0 Å². The number of piperidine rings is 1. The third kappa shape index (κ3) is 3.45. The minimum atomic E-state index is -0.624. The van der Waals surface area contributed by atoms with Gasteiger partial charge < -0.3 is 9.84 Å². The molecule has 1 saturated carbocycles. The average Bonchev–Trinajstić information content (AvgIpc) is 2.69. The van der Waals surface area contributed by atoms with Crippen molar-refractivity contribution in [1.29, 1.82) is 0 Å². The van der Waals surface area contributed by atoms with Crippen LogP contribution in [0.1, 0.15) is 69.9 Å². The van der Waals surface area contributed by atoms with Crippen molar-refractivity contribution in [2.75, 3.05) is 26.2 Å². The predicted molar refractivity (Wildman–Crippen MR) is 111 cm³/mol. The van der Waals surface area contributed by atoms with Crippen LogP contribution in [0.2, 0.25) is 0 Å². The van der Waals surface area contributed by atoms with Crippen LogP contribution < -0.4 is 4.74 Å². The minimum absolute atomic E-state index is 0.0643. The minimum Gasteiger partial charge on any atom is -0.492 e. The van der Waals surface area contributed by atoms with Gasteiger partial charge in [0, 0.05) is 6.54 Å². The number of carbonyl (C=O) groups is 1. The Balaban J connectivity index is 1.51. The Bertz CT molecular complexity index is 727. The van der Waals surface area contributed by atoms with Gasteiger partial charge in [-0.15, -0.1) is 0 Å². The van der Waals surface area contributed by atoms with Gasteiger partial charge in [-0.25, -0.2) is 0 Å². The van der Waals surface area contributed by atoms with E-state index in [9.17, 15) is 9.90 Å². The molecule has 4 rings (SSSR count). The molecule has 1 aromatic rings. The summed E-state index contributed by atoms with van der Waals surface area (Å²) < 4.78 is 6.14. The van der Waals surface area contributed by atoms with Crippen LogP contribution in [0.3, 0.4) is 0 Å². The molecule has 1 aliphatic heterocycles. The first-order chi connectivity index (χ1) is 13.4.